The van der Waals surface area contributed by atoms with E-state index in [2.05, 4.69) is 5.16 Å². The molecule has 0 fully saturated rings. The maximum Gasteiger partial charge on any atom is 0.365 e. The van der Waals surface area contributed by atoms with Gasteiger partial charge in [0.1, 0.15) is 5.75 Å². The molecule has 0 aliphatic carbocycles. The summed E-state index contributed by atoms with van der Waals surface area (Å²) >= 11 is 0. The molecule has 0 saturated carbocycles. The number of carbonyl (C=O) groups excluding carboxylic acids is 1. The minimum Gasteiger partial charge on any atom is -0.497 e. The number of ether oxygens (including phenoxy) is 1. The number of rotatable bonds is 5. The predicted octanol–water partition coefficient (Wildman–Crippen LogP) is 2.08. The molecule has 8 heteroatoms. The van der Waals surface area contributed by atoms with Gasteiger partial charge in [0.05, 0.1) is 17.6 Å². The number of nitrogens with zero attached hydrogens (tertiary/aromatic N) is 2. The third-order valence-corrected chi connectivity index (χ3v) is 2.91. The summed E-state index contributed by atoms with van der Waals surface area (Å²) in [6.07, 6.45) is 0. The normalized spacial score (nSPS) is 10.9. The number of hydrogen-bond donors (Lipinski definition) is 1. The molecule has 2 rings (SSSR count). The van der Waals surface area contributed by atoms with E-state index in [9.17, 15) is 14.9 Å². The zero-order valence-electron chi connectivity index (χ0n) is 12.1. The quantitative estimate of drug-likeness (QED) is 0.297. The van der Waals surface area contributed by atoms with Gasteiger partial charge in [0.25, 0.3) is 5.69 Å². The van der Waals surface area contributed by atoms with Crippen molar-refractivity contribution in [3.63, 3.8) is 0 Å². The lowest BCUT2D eigenvalue weighted by Crippen LogP contribution is -2.15. The van der Waals surface area contributed by atoms with Crippen molar-refractivity contribution in [1.82, 2.24) is 0 Å². The van der Waals surface area contributed by atoms with E-state index in [-0.39, 0.29) is 22.6 Å². The molecule has 0 unspecified atom stereocenters. The Balaban J connectivity index is 2.10. The Morgan fingerprint density at radius 2 is 1.87 bits per heavy atom. The number of benzene rings is 2. The lowest BCUT2D eigenvalue weighted by molar-refractivity contribution is -0.384. The van der Waals surface area contributed by atoms with Gasteiger partial charge in [0.2, 0.25) is 0 Å². The Morgan fingerprint density at radius 1 is 1.17 bits per heavy atom. The third kappa shape index (κ3) is 4.03. The van der Waals surface area contributed by atoms with Crippen LogP contribution in [0.1, 0.15) is 15.9 Å². The first kappa shape index (κ1) is 16.0. The highest BCUT2D eigenvalue weighted by molar-refractivity contribution is 5.98. The van der Waals surface area contributed by atoms with Crippen LogP contribution in [-0.4, -0.2) is 23.8 Å². The van der Waals surface area contributed by atoms with Gasteiger partial charge in [-0.1, -0.05) is 17.3 Å². The standard InChI is InChI=1S/C15H13N3O5/c1-22-13-7-5-10(6-8-13)15(19)23-17-14(16)11-3-2-4-12(9-11)18(20)21/h2-9H,1H3,(H2,16,17). The molecular weight excluding hydrogens is 302 g/mol. The molecule has 0 aliphatic rings. The highest BCUT2D eigenvalue weighted by Crippen LogP contribution is 2.14. The van der Waals surface area contributed by atoms with Crippen molar-refractivity contribution in [1.29, 1.82) is 0 Å². The number of carbonyl (C=O) groups is 1. The van der Waals surface area contributed by atoms with Crippen LogP contribution in [0.25, 0.3) is 0 Å². The molecule has 0 radical (unpaired) electrons. The molecular formula is C15H13N3O5. The monoisotopic (exact) mass is 315 g/mol. The fraction of sp³-hybridized carbons (Fsp3) is 0.0667. The van der Waals surface area contributed by atoms with Crippen LogP contribution in [0.15, 0.2) is 53.7 Å². The molecule has 23 heavy (non-hydrogen) atoms. The van der Waals surface area contributed by atoms with Crippen LogP contribution in [0.5, 0.6) is 5.75 Å². The van der Waals surface area contributed by atoms with Crippen molar-refractivity contribution < 1.29 is 19.3 Å². The first-order valence-corrected chi connectivity index (χ1v) is 6.45. The van der Waals surface area contributed by atoms with Crippen LogP contribution >= 0.6 is 0 Å². The van der Waals surface area contributed by atoms with Crippen LogP contribution in [0, 0.1) is 10.1 Å². The van der Waals surface area contributed by atoms with Gasteiger partial charge in [0, 0.05) is 17.7 Å². The molecule has 2 N–H and O–H groups in total. The number of methoxy groups -OCH3 is 1. The molecule has 2 aromatic carbocycles. The molecule has 2 aromatic rings. The van der Waals surface area contributed by atoms with Gasteiger partial charge in [-0.15, -0.1) is 0 Å². The fourth-order valence-electron chi connectivity index (χ4n) is 1.70. The molecule has 0 bridgehead atoms. The molecule has 0 spiro atoms. The van der Waals surface area contributed by atoms with E-state index in [0.29, 0.717) is 5.75 Å². The first-order chi connectivity index (χ1) is 11.0. The summed E-state index contributed by atoms with van der Waals surface area (Å²) in [5.41, 5.74) is 6.07. The summed E-state index contributed by atoms with van der Waals surface area (Å²) in [6.45, 7) is 0. The Morgan fingerprint density at radius 3 is 2.48 bits per heavy atom. The molecule has 118 valence electrons. The molecule has 0 saturated heterocycles. The molecule has 8 nitrogen and oxygen atoms in total. The number of oxime groups is 1. The van der Waals surface area contributed by atoms with Crippen molar-refractivity contribution in [3.8, 4) is 5.75 Å². The van der Waals surface area contributed by atoms with Crippen LogP contribution in [-0.2, 0) is 4.84 Å². The van der Waals surface area contributed by atoms with Crippen LogP contribution in [0.2, 0.25) is 0 Å². The number of hydrogen-bond acceptors (Lipinski definition) is 6. The topological polar surface area (TPSA) is 117 Å². The van der Waals surface area contributed by atoms with Crippen molar-refractivity contribution >= 4 is 17.5 Å². The summed E-state index contributed by atoms with van der Waals surface area (Å²) < 4.78 is 4.98. The third-order valence-electron chi connectivity index (χ3n) is 2.91. The lowest BCUT2D eigenvalue weighted by atomic mass is 10.2. The number of nitro groups is 1. The molecule has 0 aromatic heterocycles. The van der Waals surface area contributed by atoms with E-state index in [4.69, 9.17) is 15.3 Å². The zero-order chi connectivity index (χ0) is 16.8. The second-order valence-electron chi connectivity index (χ2n) is 4.39. The Kier molecular flexibility index (Phi) is 4.88. The van der Waals surface area contributed by atoms with Gasteiger partial charge in [0.15, 0.2) is 5.84 Å². The molecule has 0 atom stereocenters. The van der Waals surface area contributed by atoms with Gasteiger partial charge in [-0.05, 0) is 24.3 Å². The van der Waals surface area contributed by atoms with E-state index in [1.54, 1.807) is 12.1 Å². The van der Waals surface area contributed by atoms with E-state index >= 15 is 0 Å². The number of nitro benzene ring substituents is 1. The van der Waals surface area contributed by atoms with Crippen molar-refractivity contribution in [2.75, 3.05) is 7.11 Å². The lowest BCUT2D eigenvalue weighted by Gasteiger charge is -2.02. The van der Waals surface area contributed by atoms with Gasteiger partial charge < -0.3 is 15.3 Å². The zero-order valence-corrected chi connectivity index (χ0v) is 12.1. The van der Waals surface area contributed by atoms with Gasteiger partial charge in [-0.3, -0.25) is 10.1 Å². The summed E-state index contributed by atoms with van der Waals surface area (Å²) in [6, 6.07) is 11.8. The second kappa shape index (κ2) is 7.03. The van der Waals surface area contributed by atoms with E-state index in [1.165, 1.54) is 43.5 Å². The van der Waals surface area contributed by atoms with Crippen LogP contribution in [0.4, 0.5) is 5.69 Å². The molecule has 0 aliphatic heterocycles. The minimum absolute atomic E-state index is 0.137. The fourth-order valence-corrected chi connectivity index (χ4v) is 1.70. The molecule has 0 amide bonds. The SMILES string of the molecule is COc1ccc(C(=O)ON=C(N)c2cccc([N+](=O)[O-])c2)cc1. The smallest absolute Gasteiger partial charge is 0.365 e. The second-order valence-corrected chi connectivity index (χ2v) is 4.39. The van der Waals surface area contributed by atoms with Crippen LogP contribution < -0.4 is 10.5 Å². The van der Waals surface area contributed by atoms with E-state index < -0.39 is 10.9 Å². The number of nitrogens with two attached hydrogens (primary N) is 1. The summed E-state index contributed by atoms with van der Waals surface area (Å²) in [5, 5.41) is 14.2. The van der Waals surface area contributed by atoms with Crippen molar-refractivity contribution in [3.05, 3.63) is 69.8 Å². The highest BCUT2D eigenvalue weighted by atomic mass is 16.7. The Labute approximate surface area is 131 Å². The Hall–Kier alpha value is -3.42. The average Bonchev–Trinajstić information content (AvgIpc) is 2.59. The van der Waals surface area contributed by atoms with Gasteiger partial charge >= 0.3 is 5.97 Å². The first-order valence-electron chi connectivity index (χ1n) is 6.45. The predicted molar refractivity (Wildman–Crippen MR) is 82.2 cm³/mol. The van der Waals surface area contributed by atoms with Crippen molar-refractivity contribution in [2.45, 2.75) is 0 Å². The van der Waals surface area contributed by atoms with Gasteiger partial charge in [-0.25, -0.2) is 4.79 Å². The maximum atomic E-state index is 11.8. The summed E-state index contributed by atoms with van der Waals surface area (Å²) in [4.78, 5) is 26.7. The summed E-state index contributed by atoms with van der Waals surface area (Å²) in [5.74, 6) is -0.252. The van der Waals surface area contributed by atoms with Crippen molar-refractivity contribution in [2.24, 2.45) is 10.9 Å². The summed E-state index contributed by atoms with van der Waals surface area (Å²) in [7, 11) is 1.51. The van der Waals surface area contributed by atoms with Gasteiger partial charge in [-0.2, -0.15) is 0 Å². The largest absolute Gasteiger partial charge is 0.497 e. The Bertz CT molecular complexity index is 756. The van der Waals surface area contributed by atoms with E-state index in [1.807, 2.05) is 0 Å². The number of non-ortho nitro benzene ring substituents is 1. The van der Waals surface area contributed by atoms with E-state index in [0.717, 1.165) is 0 Å². The highest BCUT2D eigenvalue weighted by Gasteiger charge is 2.10. The maximum absolute atomic E-state index is 11.8. The molecule has 0 heterocycles. The minimum atomic E-state index is -0.707. The van der Waals surface area contributed by atoms with Crippen LogP contribution in [0.3, 0.4) is 0 Å². The number of amidine groups is 1. The average molecular weight is 315 g/mol.